The molecular weight excluding hydrogens is 434 g/mol. The number of hydrogen-bond donors (Lipinski definition) is 0. The molecule has 0 bridgehead atoms. The number of pyridine rings is 1. The molecule has 0 spiro atoms. The quantitative estimate of drug-likeness (QED) is 0.609. The average Bonchev–Trinajstić information content (AvgIpc) is 3.43. The first-order valence-electron chi connectivity index (χ1n) is 13.6. The molecular formula is C29H41N5O. The molecule has 0 unspecified atom stereocenters. The Kier molecular flexibility index (Phi) is 7.99. The van der Waals surface area contributed by atoms with Gasteiger partial charge in [0, 0.05) is 69.8 Å². The van der Waals surface area contributed by atoms with Gasteiger partial charge in [-0.05, 0) is 81.9 Å². The van der Waals surface area contributed by atoms with E-state index in [1.807, 2.05) is 18.5 Å². The summed E-state index contributed by atoms with van der Waals surface area (Å²) in [4.78, 5) is 27.3. The maximum absolute atomic E-state index is 13.2. The van der Waals surface area contributed by atoms with E-state index in [0.29, 0.717) is 24.3 Å². The molecule has 2 aromatic rings. The Morgan fingerprint density at radius 2 is 1.74 bits per heavy atom. The Balaban J connectivity index is 1.15. The number of nitrogens with zero attached hydrogens (tertiary/aromatic N) is 5. The monoisotopic (exact) mass is 475 g/mol. The standard InChI is InChI=1S/C29H41N5O/c1-24-6-9-27(10-7-24)32-17-19-34(20-18-32)29(35)11-8-26-23-31(22-25-5-4-13-30-21-25)16-12-28(26)33-14-2-3-15-33/h4-7,9-10,13,21,26,28H,2-3,8,11-12,14-20,22-23H2,1H3/t26-,28+/m0/s1. The van der Waals surface area contributed by atoms with Crippen LogP contribution in [0, 0.1) is 12.8 Å². The van der Waals surface area contributed by atoms with Crippen molar-refractivity contribution in [1.29, 1.82) is 0 Å². The molecule has 0 saturated carbocycles. The first-order valence-corrected chi connectivity index (χ1v) is 13.6. The third kappa shape index (κ3) is 6.22. The molecule has 1 aromatic carbocycles. The van der Waals surface area contributed by atoms with E-state index >= 15 is 0 Å². The fourth-order valence-electron chi connectivity index (χ4n) is 6.26. The Hall–Kier alpha value is -2.44. The lowest BCUT2D eigenvalue weighted by Gasteiger charge is -2.43. The highest BCUT2D eigenvalue weighted by atomic mass is 16.2. The van der Waals surface area contributed by atoms with Crippen molar-refractivity contribution in [2.75, 3.05) is 57.3 Å². The molecule has 6 heteroatoms. The number of piperazine rings is 1. The zero-order valence-corrected chi connectivity index (χ0v) is 21.3. The average molecular weight is 476 g/mol. The molecule has 5 rings (SSSR count). The van der Waals surface area contributed by atoms with Crippen LogP contribution in [-0.4, -0.2) is 84.0 Å². The van der Waals surface area contributed by atoms with Gasteiger partial charge in [-0.3, -0.25) is 14.7 Å². The van der Waals surface area contributed by atoms with Crippen LogP contribution in [0.3, 0.4) is 0 Å². The number of amides is 1. The van der Waals surface area contributed by atoms with E-state index in [4.69, 9.17) is 0 Å². The lowest BCUT2D eigenvalue weighted by Crippen LogP contribution is -2.51. The molecule has 35 heavy (non-hydrogen) atoms. The molecule has 1 amide bonds. The fraction of sp³-hybridized carbons (Fsp3) is 0.586. The van der Waals surface area contributed by atoms with Crippen molar-refractivity contribution < 1.29 is 4.79 Å². The van der Waals surface area contributed by atoms with Crippen molar-refractivity contribution in [1.82, 2.24) is 19.7 Å². The number of anilines is 1. The first-order chi connectivity index (χ1) is 17.2. The third-order valence-corrected chi connectivity index (χ3v) is 8.28. The Labute approximate surface area is 210 Å². The molecule has 1 aromatic heterocycles. The summed E-state index contributed by atoms with van der Waals surface area (Å²) in [6.45, 7) is 11.3. The van der Waals surface area contributed by atoms with Crippen LogP contribution in [0.2, 0.25) is 0 Å². The maximum Gasteiger partial charge on any atom is 0.222 e. The van der Waals surface area contributed by atoms with Crippen LogP contribution in [0.4, 0.5) is 5.69 Å². The number of aromatic nitrogens is 1. The van der Waals surface area contributed by atoms with Crippen LogP contribution in [0.5, 0.6) is 0 Å². The van der Waals surface area contributed by atoms with E-state index in [9.17, 15) is 4.79 Å². The van der Waals surface area contributed by atoms with E-state index in [-0.39, 0.29) is 0 Å². The maximum atomic E-state index is 13.2. The molecule has 2 atom stereocenters. The highest BCUT2D eigenvalue weighted by Gasteiger charge is 2.35. The van der Waals surface area contributed by atoms with Gasteiger partial charge < -0.3 is 14.7 Å². The molecule has 4 heterocycles. The number of benzene rings is 1. The van der Waals surface area contributed by atoms with E-state index in [1.54, 1.807) is 0 Å². The molecule has 3 aliphatic heterocycles. The molecule has 3 aliphatic rings. The normalized spacial score (nSPS) is 24.1. The summed E-state index contributed by atoms with van der Waals surface area (Å²) in [6, 6.07) is 13.6. The van der Waals surface area contributed by atoms with E-state index < -0.39 is 0 Å². The molecule has 6 nitrogen and oxygen atoms in total. The number of carbonyl (C=O) groups is 1. The van der Waals surface area contributed by atoms with Crippen molar-refractivity contribution >= 4 is 11.6 Å². The number of piperidine rings is 1. The van der Waals surface area contributed by atoms with E-state index in [2.05, 4.69) is 61.8 Å². The number of hydrogen-bond acceptors (Lipinski definition) is 5. The predicted octanol–water partition coefficient (Wildman–Crippen LogP) is 3.81. The lowest BCUT2D eigenvalue weighted by molar-refractivity contribution is -0.132. The lowest BCUT2D eigenvalue weighted by atomic mass is 9.86. The molecule has 0 radical (unpaired) electrons. The second kappa shape index (κ2) is 11.5. The number of rotatable bonds is 7. The van der Waals surface area contributed by atoms with Gasteiger partial charge in [0.1, 0.15) is 0 Å². The van der Waals surface area contributed by atoms with Crippen LogP contribution in [-0.2, 0) is 11.3 Å². The molecule has 0 N–H and O–H groups in total. The summed E-state index contributed by atoms with van der Waals surface area (Å²) in [6.07, 6.45) is 9.38. The number of likely N-dealkylation sites (tertiary alicyclic amines) is 2. The van der Waals surface area contributed by atoms with Crippen LogP contribution < -0.4 is 4.90 Å². The Bertz CT molecular complexity index is 935. The minimum absolute atomic E-state index is 0.345. The summed E-state index contributed by atoms with van der Waals surface area (Å²) in [5.74, 6) is 0.912. The second-order valence-corrected chi connectivity index (χ2v) is 10.7. The summed E-state index contributed by atoms with van der Waals surface area (Å²) in [5.41, 5.74) is 3.84. The molecule has 0 aliphatic carbocycles. The highest BCUT2D eigenvalue weighted by Crippen LogP contribution is 2.30. The van der Waals surface area contributed by atoms with Gasteiger partial charge in [0.05, 0.1) is 0 Å². The first kappa shape index (κ1) is 24.3. The van der Waals surface area contributed by atoms with Gasteiger partial charge in [-0.25, -0.2) is 0 Å². The summed E-state index contributed by atoms with van der Waals surface area (Å²) in [5, 5.41) is 0. The minimum Gasteiger partial charge on any atom is -0.368 e. The largest absolute Gasteiger partial charge is 0.368 e. The smallest absolute Gasteiger partial charge is 0.222 e. The van der Waals surface area contributed by atoms with Crippen molar-refractivity contribution in [3.05, 3.63) is 59.9 Å². The Morgan fingerprint density at radius 1 is 0.971 bits per heavy atom. The predicted molar refractivity (Wildman–Crippen MR) is 141 cm³/mol. The van der Waals surface area contributed by atoms with Crippen molar-refractivity contribution in [3.63, 3.8) is 0 Å². The van der Waals surface area contributed by atoms with Crippen LogP contribution in [0.15, 0.2) is 48.8 Å². The van der Waals surface area contributed by atoms with Crippen molar-refractivity contribution in [3.8, 4) is 0 Å². The van der Waals surface area contributed by atoms with Crippen molar-refractivity contribution in [2.45, 2.75) is 51.6 Å². The van der Waals surface area contributed by atoms with Gasteiger partial charge >= 0.3 is 0 Å². The van der Waals surface area contributed by atoms with E-state index in [1.165, 1.54) is 49.2 Å². The molecule has 3 fully saturated rings. The summed E-state index contributed by atoms with van der Waals surface area (Å²) < 4.78 is 0. The van der Waals surface area contributed by atoms with Gasteiger partial charge in [0.2, 0.25) is 5.91 Å². The zero-order chi connectivity index (χ0) is 24.0. The third-order valence-electron chi connectivity index (χ3n) is 8.28. The van der Waals surface area contributed by atoms with Gasteiger partial charge in [-0.2, -0.15) is 0 Å². The second-order valence-electron chi connectivity index (χ2n) is 10.7. The Morgan fingerprint density at radius 3 is 2.46 bits per heavy atom. The summed E-state index contributed by atoms with van der Waals surface area (Å²) >= 11 is 0. The number of aryl methyl sites for hydroxylation is 1. The van der Waals surface area contributed by atoms with Gasteiger partial charge in [-0.1, -0.05) is 23.8 Å². The topological polar surface area (TPSA) is 42.9 Å². The minimum atomic E-state index is 0.345. The SMILES string of the molecule is Cc1ccc(N2CCN(C(=O)CC[C@H]3CN(Cc4cccnc4)CC[C@H]3N3CCCC3)CC2)cc1. The molecule has 3 saturated heterocycles. The van der Waals surface area contributed by atoms with Crippen LogP contribution in [0.1, 0.15) is 43.2 Å². The summed E-state index contributed by atoms with van der Waals surface area (Å²) in [7, 11) is 0. The van der Waals surface area contributed by atoms with Crippen LogP contribution >= 0.6 is 0 Å². The molecule has 188 valence electrons. The zero-order valence-electron chi connectivity index (χ0n) is 21.3. The van der Waals surface area contributed by atoms with Gasteiger partial charge in [0.25, 0.3) is 0 Å². The van der Waals surface area contributed by atoms with Gasteiger partial charge in [-0.15, -0.1) is 0 Å². The highest BCUT2D eigenvalue weighted by molar-refractivity contribution is 5.76. The fourth-order valence-corrected chi connectivity index (χ4v) is 6.26. The van der Waals surface area contributed by atoms with Crippen LogP contribution in [0.25, 0.3) is 0 Å². The van der Waals surface area contributed by atoms with Crippen molar-refractivity contribution in [2.24, 2.45) is 5.92 Å². The number of carbonyl (C=O) groups excluding carboxylic acids is 1. The van der Waals surface area contributed by atoms with Gasteiger partial charge in [0.15, 0.2) is 0 Å². The van der Waals surface area contributed by atoms with E-state index in [0.717, 1.165) is 52.2 Å².